The molecule has 2 N–H and O–H groups in total. The number of fused-ring (bicyclic) bond motifs is 1. The summed E-state index contributed by atoms with van der Waals surface area (Å²) >= 11 is 1.41. The number of benzene rings is 2. The minimum atomic E-state index is -0.265. The van der Waals surface area contributed by atoms with E-state index in [2.05, 4.69) is 26.6 Å². The number of rotatable bonds is 9. The third kappa shape index (κ3) is 5.53. The van der Waals surface area contributed by atoms with Crippen LogP contribution in [0, 0.1) is 11.3 Å². The number of hydrogen-bond donors (Lipinski definition) is 2. The average Bonchev–Trinajstić information content (AvgIpc) is 3.18. The van der Waals surface area contributed by atoms with Crippen molar-refractivity contribution in [3.63, 3.8) is 0 Å². The maximum Gasteiger partial charge on any atom is 0.231 e. The van der Waals surface area contributed by atoms with Crippen LogP contribution < -0.4 is 15.0 Å². The van der Waals surface area contributed by atoms with E-state index in [4.69, 9.17) is 10.00 Å². The topological polar surface area (TPSA) is 123 Å². The quantitative estimate of drug-likeness (QED) is 0.478. The molecule has 0 atom stereocenters. The monoisotopic (exact) mass is 438 g/mol. The van der Waals surface area contributed by atoms with E-state index in [9.17, 15) is 9.90 Å². The molecule has 9 nitrogen and oxygen atoms in total. The number of azo groups is 1. The summed E-state index contributed by atoms with van der Waals surface area (Å²) in [7, 11) is 1.52. The SMILES string of the molecule is COc1cc(N=Nc2nc3ccccc3s2)c(NC(C)=O)cc1N(CCO)CCC#N. The molecule has 0 fully saturated rings. The molecule has 0 spiro atoms. The van der Waals surface area contributed by atoms with Crippen molar-refractivity contribution in [2.24, 2.45) is 10.2 Å². The molecule has 3 aromatic rings. The minimum Gasteiger partial charge on any atom is -0.494 e. The van der Waals surface area contributed by atoms with Gasteiger partial charge in [-0.05, 0) is 18.2 Å². The number of nitriles is 1. The van der Waals surface area contributed by atoms with Crippen LogP contribution in [0.25, 0.3) is 10.2 Å². The van der Waals surface area contributed by atoms with Gasteiger partial charge in [0.15, 0.2) is 0 Å². The lowest BCUT2D eigenvalue weighted by atomic mass is 10.2. The van der Waals surface area contributed by atoms with Gasteiger partial charge in [-0.1, -0.05) is 23.5 Å². The van der Waals surface area contributed by atoms with Crippen molar-refractivity contribution in [3.8, 4) is 11.8 Å². The highest BCUT2D eigenvalue weighted by atomic mass is 32.1. The maximum absolute atomic E-state index is 11.8. The number of methoxy groups -OCH3 is 1. The lowest BCUT2D eigenvalue weighted by Crippen LogP contribution is -2.28. The number of carbonyl (C=O) groups excluding carboxylic acids is 1. The Morgan fingerprint density at radius 3 is 2.81 bits per heavy atom. The van der Waals surface area contributed by atoms with E-state index in [0.29, 0.717) is 41.0 Å². The van der Waals surface area contributed by atoms with Crippen LogP contribution in [0.1, 0.15) is 13.3 Å². The maximum atomic E-state index is 11.8. The van der Waals surface area contributed by atoms with Gasteiger partial charge in [-0.2, -0.15) is 5.26 Å². The number of aliphatic hydroxyl groups excluding tert-OH is 1. The summed E-state index contributed by atoms with van der Waals surface area (Å²) in [5.74, 6) is 0.219. The van der Waals surface area contributed by atoms with Crippen LogP contribution in [0.15, 0.2) is 46.6 Å². The smallest absolute Gasteiger partial charge is 0.231 e. The number of hydrogen-bond acceptors (Lipinski definition) is 9. The first-order valence-corrected chi connectivity index (χ1v) is 10.4. The van der Waals surface area contributed by atoms with Crippen LogP contribution in [-0.2, 0) is 4.79 Å². The number of nitrogens with zero attached hydrogens (tertiary/aromatic N) is 5. The molecule has 0 aliphatic heterocycles. The molecule has 10 heteroatoms. The van der Waals surface area contributed by atoms with Crippen LogP contribution in [0.4, 0.5) is 22.2 Å². The number of aliphatic hydroxyl groups is 1. The van der Waals surface area contributed by atoms with Crippen molar-refractivity contribution < 1.29 is 14.6 Å². The first-order chi connectivity index (χ1) is 15.0. The molecule has 0 aliphatic rings. The number of ether oxygens (including phenoxy) is 1. The molecule has 1 heterocycles. The highest BCUT2D eigenvalue weighted by Crippen LogP contribution is 2.40. The van der Waals surface area contributed by atoms with E-state index in [1.54, 1.807) is 12.1 Å². The summed E-state index contributed by atoms with van der Waals surface area (Å²) in [6.45, 7) is 2.02. The van der Waals surface area contributed by atoms with Crippen LogP contribution in [0.2, 0.25) is 0 Å². The Labute approximate surface area is 183 Å². The second-order valence-electron chi connectivity index (χ2n) is 6.51. The van der Waals surface area contributed by atoms with Gasteiger partial charge in [-0.15, -0.1) is 10.2 Å². The summed E-state index contributed by atoms with van der Waals surface area (Å²) in [5.41, 5.74) is 2.32. The van der Waals surface area contributed by atoms with Crippen molar-refractivity contribution in [1.82, 2.24) is 4.98 Å². The summed E-state index contributed by atoms with van der Waals surface area (Å²) in [6.07, 6.45) is 0.275. The predicted molar refractivity (Wildman–Crippen MR) is 121 cm³/mol. The molecule has 0 radical (unpaired) electrons. The van der Waals surface area contributed by atoms with Gasteiger partial charge in [0, 0.05) is 26.1 Å². The van der Waals surface area contributed by atoms with Gasteiger partial charge in [0.25, 0.3) is 0 Å². The first kappa shape index (κ1) is 22.1. The van der Waals surface area contributed by atoms with Crippen molar-refractivity contribution in [2.45, 2.75) is 13.3 Å². The lowest BCUT2D eigenvalue weighted by molar-refractivity contribution is -0.114. The number of anilines is 2. The second kappa shape index (κ2) is 10.5. The van der Waals surface area contributed by atoms with E-state index in [-0.39, 0.29) is 18.9 Å². The normalized spacial score (nSPS) is 10.9. The molecule has 0 saturated heterocycles. The number of para-hydroxylation sites is 1. The number of carbonyl (C=O) groups is 1. The van der Waals surface area contributed by atoms with Crippen LogP contribution >= 0.6 is 11.3 Å². The van der Waals surface area contributed by atoms with Gasteiger partial charge >= 0.3 is 0 Å². The minimum absolute atomic E-state index is 0.0941. The zero-order valence-corrected chi connectivity index (χ0v) is 18.0. The molecule has 160 valence electrons. The second-order valence-corrected chi connectivity index (χ2v) is 7.51. The summed E-state index contributed by atoms with van der Waals surface area (Å²) in [6, 6.07) is 13.2. The van der Waals surface area contributed by atoms with Crippen LogP contribution in [0.5, 0.6) is 5.75 Å². The lowest BCUT2D eigenvalue weighted by Gasteiger charge is -2.26. The molecule has 0 saturated carbocycles. The highest BCUT2D eigenvalue weighted by molar-refractivity contribution is 7.21. The van der Waals surface area contributed by atoms with Crippen LogP contribution in [-0.4, -0.2) is 42.8 Å². The van der Waals surface area contributed by atoms with E-state index in [0.717, 1.165) is 10.2 Å². The highest BCUT2D eigenvalue weighted by Gasteiger charge is 2.17. The van der Waals surface area contributed by atoms with E-state index in [1.165, 1.54) is 25.4 Å². The zero-order valence-electron chi connectivity index (χ0n) is 17.2. The molecule has 0 unspecified atom stereocenters. The molecule has 0 aliphatic carbocycles. The zero-order chi connectivity index (χ0) is 22.2. The fourth-order valence-electron chi connectivity index (χ4n) is 3.00. The van der Waals surface area contributed by atoms with Gasteiger partial charge in [-0.25, -0.2) is 4.98 Å². The Morgan fingerprint density at radius 1 is 1.32 bits per heavy atom. The predicted octanol–water partition coefficient (Wildman–Crippen LogP) is 4.39. The third-order valence-electron chi connectivity index (χ3n) is 4.34. The number of aromatic nitrogens is 1. The van der Waals surface area contributed by atoms with Gasteiger partial charge in [0.2, 0.25) is 11.0 Å². The molecule has 1 amide bonds. The van der Waals surface area contributed by atoms with Gasteiger partial charge in [0.1, 0.15) is 11.4 Å². The van der Waals surface area contributed by atoms with E-state index in [1.807, 2.05) is 29.2 Å². The average molecular weight is 439 g/mol. The Bertz CT molecular complexity index is 1100. The van der Waals surface area contributed by atoms with E-state index < -0.39 is 0 Å². The Kier molecular flexibility index (Phi) is 7.48. The summed E-state index contributed by atoms with van der Waals surface area (Å²) < 4.78 is 6.52. The molecular formula is C21H22N6O3S. The molecular weight excluding hydrogens is 416 g/mol. The summed E-state index contributed by atoms with van der Waals surface area (Å²) in [5, 5.41) is 30.2. The van der Waals surface area contributed by atoms with Crippen LogP contribution in [0.3, 0.4) is 0 Å². The number of amides is 1. The molecule has 31 heavy (non-hydrogen) atoms. The Morgan fingerprint density at radius 2 is 2.13 bits per heavy atom. The largest absolute Gasteiger partial charge is 0.494 e. The molecule has 0 bridgehead atoms. The van der Waals surface area contributed by atoms with Gasteiger partial charge in [-0.3, -0.25) is 4.79 Å². The van der Waals surface area contributed by atoms with Crippen molar-refractivity contribution >= 4 is 49.7 Å². The fraction of sp³-hybridized carbons (Fsp3) is 0.286. The Hall–Kier alpha value is -3.55. The van der Waals surface area contributed by atoms with Crippen molar-refractivity contribution in [1.29, 1.82) is 5.26 Å². The number of nitrogens with one attached hydrogen (secondary N) is 1. The Balaban J connectivity index is 2.01. The van der Waals surface area contributed by atoms with Gasteiger partial charge < -0.3 is 20.1 Å². The summed E-state index contributed by atoms with van der Waals surface area (Å²) in [4.78, 5) is 18.0. The van der Waals surface area contributed by atoms with E-state index >= 15 is 0 Å². The molecule has 3 rings (SSSR count). The van der Waals surface area contributed by atoms with Crippen molar-refractivity contribution in [3.05, 3.63) is 36.4 Å². The van der Waals surface area contributed by atoms with Crippen molar-refractivity contribution in [2.75, 3.05) is 37.0 Å². The standard InChI is InChI=1S/C21H22N6O3S/c1-14(29)23-16-12-18(27(10-11-28)9-5-8-22)19(30-2)13-17(16)25-26-21-24-15-6-3-4-7-20(15)31-21/h3-4,6-7,12-13,28H,5,9-11H2,1-2H3,(H,23,29). The fourth-order valence-corrected chi connectivity index (χ4v) is 3.79. The molecule has 1 aromatic heterocycles. The van der Waals surface area contributed by atoms with Gasteiger partial charge in [0.05, 0.1) is 47.8 Å². The third-order valence-corrected chi connectivity index (χ3v) is 5.26. The first-order valence-electron chi connectivity index (χ1n) is 9.55. The molecule has 2 aromatic carbocycles. The number of thiazole rings is 1.